The SMILES string of the molecule is CC(C)(C)OC(=O)N1CCC[C@H]1C(=O)NCC(=O)NCCNC(=O)c1ccco1. The number of rotatable bonds is 7. The minimum atomic E-state index is -0.648. The number of furan rings is 1. The molecule has 1 aromatic heterocycles. The highest BCUT2D eigenvalue weighted by Gasteiger charge is 2.36. The summed E-state index contributed by atoms with van der Waals surface area (Å²) in [6.45, 7) is 5.92. The van der Waals surface area contributed by atoms with Crippen molar-refractivity contribution in [2.24, 2.45) is 0 Å². The number of nitrogens with one attached hydrogen (secondary N) is 3. The highest BCUT2D eigenvalue weighted by atomic mass is 16.6. The van der Waals surface area contributed by atoms with Gasteiger partial charge < -0.3 is 25.1 Å². The Labute approximate surface area is 169 Å². The molecular formula is C19H28N4O6. The van der Waals surface area contributed by atoms with Gasteiger partial charge >= 0.3 is 6.09 Å². The predicted molar refractivity (Wildman–Crippen MR) is 103 cm³/mol. The van der Waals surface area contributed by atoms with Gasteiger partial charge in [-0.05, 0) is 45.7 Å². The lowest BCUT2D eigenvalue weighted by molar-refractivity contribution is -0.128. The summed E-state index contributed by atoms with van der Waals surface area (Å²) >= 11 is 0. The second-order valence-electron chi connectivity index (χ2n) is 7.63. The van der Waals surface area contributed by atoms with Crippen LogP contribution in [0.4, 0.5) is 4.79 Å². The summed E-state index contributed by atoms with van der Waals surface area (Å²) < 4.78 is 10.3. The van der Waals surface area contributed by atoms with Gasteiger partial charge in [0.15, 0.2) is 5.76 Å². The van der Waals surface area contributed by atoms with Crippen molar-refractivity contribution < 1.29 is 28.3 Å². The number of amides is 4. The van der Waals surface area contributed by atoms with Gasteiger partial charge in [0.2, 0.25) is 11.8 Å². The van der Waals surface area contributed by atoms with Crippen LogP contribution in [0.2, 0.25) is 0 Å². The molecule has 1 fully saturated rings. The molecule has 0 radical (unpaired) electrons. The van der Waals surface area contributed by atoms with Gasteiger partial charge in [0.05, 0.1) is 12.8 Å². The van der Waals surface area contributed by atoms with E-state index in [-0.39, 0.29) is 31.3 Å². The summed E-state index contributed by atoms with van der Waals surface area (Å²) in [6.07, 6.45) is 2.07. The van der Waals surface area contributed by atoms with E-state index in [1.165, 1.54) is 17.2 Å². The summed E-state index contributed by atoms with van der Waals surface area (Å²) in [6, 6.07) is 2.49. The average Bonchev–Trinajstić information content (AvgIpc) is 3.33. The van der Waals surface area contributed by atoms with Crippen LogP contribution in [0, 0.1) is 0 Å². The second-order valence-corrected chi connectivity index (χ2v) is 7.63. The first kappa shape index (κ1) is 22.3. The molecule has 0 bridgehead atoms. The summed E-state index contributed by atoms with van der Waals surface area (Å²) in [5.41, 5.74) is -0.646. The lowest BCUT2D eigenvalue weighted by Gasteiger charge is -2.28. The molecule has 0 spiro atoms. The molecule has 0 aliphatic carbocycles. The molecule has 0 unspecified atom stereocenters. The molecule has 0 saturated carbocycles. The molecule has 0 aromatic carbocycles. The van der Waals surface area contributed by atoms with Crippen LogP contribution in [-0.2, 0) is 14.3 Å². The Bertz CT molecular complexity index is 726. The molecule has 29 heavy (non-hydrogen) atoms. The maximum atomic E-state index is 12.4. The lowest BCUT2D eigenvalue weighted by Crippen LogP contribution is -2.49. The molecule has 2 rings (SSSR count). The number of hydrogen-bond donors (Lipinski definition) is 3. The number of nitrogens with zero attached hydrogens (tertiary/aromatic N) is 1. The summed E-state index contributed by atoms with van der Waals surface area (Å²) in [7, 11) is 0. The van der Waals surface area contributed by atoms with Gasteiger partial charge in [-0.15, -0.1) is 0 Å². The van der Waals surface area contributed by atoms with Crippen molar-refractivity contribution >= 4 is 23.8 Å². The molecule has 1 aliphatic rings. The molecule has 2 heterocycles. The molecule has 1 atom stereocenters. The van der Waals surface area contributed by atoms with E-state index in [1.807, 2.05) is 0 Å². The fraction of sp³-hybridized carbons (Fsp3) is 0.579. The van der Waals surface area contributed by atoms with E-state index >= 15 is 0 Å². The summed E-state index contributed by atoms with van der Waals surface area (Å²) in [5, 5.41) is 7.73. The minimum absolute atomic E-state index is 0.190. The predicted octanol–water partition coefficient (Wildman–Crippen LogP) is 0.641. The van der Waals surface area contributed by atoms with E-state index in [4.69, 9.17) is 9.15 Å². The monoisotopic (exact) mass is 408 g/mol. The molecule has 1 saturated heterocycles. The standard InChI is InChI=1S/C19H28N4O6/c1-19(2,3)29-18(27)23-10-4-6-13(23)16(25)22-12-15(24)20-8-9-21-17(26)14-7-5-11-28-14/h5,7,11,13H,4,6,8-10,12H2,1-3H3,(H,20,24)(H,21,26)(H,22,25)/t13-/m0/s1. The smallest absolute Gasteiger partial charge is 0.410 e. The van der Waals surface area contributed by atoms with E-state index in [9.17, 15) is 19.2 Å². The van der Waals surface area contributed by atoms with Crippen molar-refractivity contribution in [1.29, 1.82) is 0 Å². The molecule has 160 valence electrons. The molecular weight excluding hydrogens is 380 g/mol. The topological polar surface area (TPSA) is 130 Å². The zero-order valence-corrected chi connectivity index (χ0v) is 16.9. The fourth-order valence-corrected chi connectivity index (χ4v) is 2.80. The number of carbonyl (C=O) groups excluding carboxylic acids is 4. The highest BCUT2D eigenvalue weighted by Crippen LogP contribution is 2.20. The third-order valence-electron chi connectivity index (χ3n) is 4.08. The average molecular weight is 408 g/mol. The fourth-order valence-electron chi connectivity index (χ4n) is 2.80. The van der Waals surface area contributed by atoms with Crippen LogP contribution in [0.3, 0.4) is 0 Å². The Hall–Kier alpha value is -3.04. The first-order valence-corrected chi connectivity index (χ1v) is 9.53. The maximum absolute atomic E-state index is 12.4. The van der Waals surface area contributed by atoms with Crippen molar-refractivity contribution in [1.82, 2.24) is 20.9 Å². The zero-order valence-electron chi connectivity index (χ0n) is 16.9. The number of carbonyl (C=O) groups is 4. The number of hydrogen-bond acceptors (Lipinski definition) is 6. The second kappa shape index (κ2) is 9.94. The quantitative estimate of drug-likeness (QED) is 0.568. The molecule has 10 nitrogen and oxygen atoms in total. The Morgan fingerprint density at radius 1 is 1.17 bits per heavy atom. The van der Waals surface area contributed by atoms with Crippen molar-refractivity contribution in [3.63, 3.8) is 0 Å². The normalized spacial score (nSPS) is 16.2. The van der Waals surface area contributed by atoms with Crippen LogP contribution < -0.4 is 16.0 Å². The molecule has 3 N–H and O–H groups in total. The molecule has 10 heteroatoms. The lowest BCUT2D eigenvalue weighted by atomic mass is 10.2. The van der Waals surface area contributed by atoms with Crippen LogP contribution in [-0.4, -0.2) is 66.5 Å². The van der Waals surface area contributed by atoms with Crippen LogP contribution in [0.15, 0.2) is 22.8 Å². The van der Waals surface area contributed by atoms with Crippen molar-refractivity contribution in [3.05, 3.63) is 24.2 Å². The third kappa shape index (κ3) is 7.13. The first-order valence-electron chi connectivity index (χ1n) is 9.53. The first-order chi connectivity index (χ1) is 13.7. The van der Waals surface area contributed by atoms with Crippen LogP contribution in [0.5, 0.6) is 0 Å². The molecule has 1 aromatic rings. The zero-order chi connectivity index (χ0) is 21.4. The van der Waals surface area contributed by atoms with Crippen molar-refractivity contribution in [3.8, 4) is 0 Å². The van der Waals surface area contributed by atoms with E-state index in [0.717, 1.165) is 0 Å². The summed E-state index contributed by atoms with van der Waals surface area (Å²) in [5.74, 6) is -0.974. The highest BCUT2D eigenvalue weighted by molar-refractivity contribution is 5.91. The summed E-state index contributed by atoms with van der Waals surface area (Å²) in [4.78, 5) is 49.5. The Kier molecular flexibility index (Phi) is 7.63. The number of ether oxygens (including phenoxy) is 1. The van der Waals surface area contributed by atoms with Gasteiger partial charge in [0, 0.05) is 19.6 Å². The minimum Gasteiger partial charge on any atom is -0.459 e. The molecule has 4 amide bonds. The van der Waals surface area contributed by atoms with Gasteiger partial charge in [0.1, 0.15) is 11.6 Å². The Balaban J connectivity index is 1.67. The van der Waals surface area contributed by atoms with Crippen molar-refractivity contribution in [2.75, 3.05) is 26.2 Å². The maximum Gasteiger partial charge on any atom is 0.410 e. The van der Waals surface area contributed by atoms with Crippen LogP contribution in [0.1, 0.15) is 44.2 Å². The van der Waals surface area contributed by atoms with Gasteiger partial charge in [-0.3, -0.25) is 19.3 Å². The van der Waals surface area contributed by atoms with E-state index in [0.29, 0.717) is 19.4 Å². The van der Waals surface area contributed by atoms with E-state index in [2.05, 4.69) is 16.0 Å². The Morgan fingerprint density at radius 2 is 1.90 bits per heavy atom. The third-order valence-corrected chi connectivity index (χ3v) is 4.08. The largest absolute Gasteiger partial charge is 0.459 e. The van der Waals surface area contributed by atoms with Gasteiger partial charge in [-0.1, -0.05) is 0 Å². The van der Waals surface area contributed by atoms with Crippen LogP contribution in [0.25, 0.3) is 0 Å². The van der Waals surface area contributed by atoms with Gasteiger partial charge in [-0.25, -0.2) is 4.79 Å². The van der Waals surface area contributed by atoms with Crippen LogP contribution >= 0.6 is 0 Å². The number of likely N-dealkylation sites (tertiary alicyclic amines) is 1. The molecule has 1 aliphatic heterocycles. The Morgan fingerprint density at radius 3 is 2.55 bits per heavy atom. The van der Waals surface area contributed by atoms with Gasteiger partial charge in [-0.2, -0.15) is 0 Å². The van der Waals surface area contributed by atoms with E-state index in [1.54, 1.807) is 26.8 Å². The van der Waals surface area contributed by atoms with Crippen molar-refractivity contribution in [2.45, 2.75) is 45.3 Å². The van der Waals surface area contributed by atoms with E-state index < -0.39 is 29.6 Å². The van der Waals surface area contributed by atoms with Gasteiger partial charge in [0.25, 0.3) is 5.91 Å².